The topological polar surface area (TPSA) is 90.4 Å². The fourth-order valence-electron chi connectivity index (χ4n) is 3.34. The maximum absolute atomic E-state index is 13.9. The Morgan fingerprint density at radius 1 is 1.42 bits per heavy atom. The number of nitrogens with zero attached hydrogens (tertiary/aromatic N) is 3. The number of hydrogen-bond acceptors (Lipinski definition) is 4. The van der Waals surface area contributed by atoms with Gasteiger partial charge in [0.1, 0.15) is 12.4 Å². The number of benzene rings is 1. The van der Waals surface area contributed by atoms with Gasteiger partial charge in [-0.2, -0.15) is 0 Å². The van der Waals surface area contributed by atoms with E-state index >= 15 is 0 Å². The highest BCUT2D eigenvalue weighted by Crippen LogP contribution is 2.27. The van der Waals surface area contributed by atoms with Crippen molar-refractivity contribution in [1.82, 2.24) is 14.5 Å². The van der Waals surface area contributed by atoms with Crippen molar-refractivity contribution in [1.29, 1.82) is 0 Å². The van der Waals surface area contributed by atoms with Crippen LogP contribution in [0.1, 0.15) is 34.9 Å². The summed E-state index contributed by atoms with van der Waals surface area (Å²) in [4.78, 5) is 30.0. The van der Waals surface area contributed by atoms with Gasteiger partial charge in [0.2, 0.25) is 5.91 Å². The molecule has 0 unspecified atom stereocenters. The van der Waals surface area contributed by atoms with Crippen LogP contribution in [0.5, 0.6) is 5.75 Å². The van der Waals surface area contributed by atoms with Gasteiger partial charge in [0.25, 0.3) is 5.91 Å². The lowest BCUT2D eigenvalue weighted by Gasteiger charge is -2.32. The summed E-state index contributed by atoms with van der Waals surface area (Å²) in [6, 6.07) is 4.20. The van der Waals surface area contributed by atoms with Crippen LogP contribution in [-0.2, 0) is 11.3 Å². The van der Waals surface area contributed by atoms with Crippen molar-refractivity contribution in [3.05, 3.63) is 47.8 Å². The van der Waals surface area contributed by atoms with Crippen LogP contribution in [0.25, 0.3) is 0 Å². The number of hydrogen-bond donors (Lipinski definition) is 1. The van der Waals surface area contributed by atoms with E-state index in [1.807, 2.05) is 0 Å². The van der Waals surface area contributed by atoms with E-state index in [2.05, 4.69) is 4.98 Å². The molecular formula is C18H21FN4O3. The van der Waals surface area contributed by atoms with Crippen LogP contribution >= 0.6 is 0 Å². The zero-order valence-electron chi connectivity index (χ0n) is 14.5. The van der Waals surface area contributed by atoms with Crippen molar-refractivity contribution in [2.45, 2.75) is 25.3 Å². The molecule has 1 aliphatic heterocycles. The Balaban J connectivity index is 1.76. The van der Waals surface area contributed by atoms with E-state index in [0.29, 0.717) is 13.1 Å². The monoisotopic (exact) mass is 360 g/mol. The van der Waals surface area contributed by atoms with Crippen molar-refractivity contribution in [3.63, 3.8) is 0 Å². The van der Waals surface area contributed by atoms with E-state index in [0.717, 1.165) is 18.7 Å². The molecule has 1 aromatic heterocycles. The molecule has 138 valence electrons. The van der Waals surface area contributed by atoms with Crippen LogP contribution in [0.15, 0.2) is 30.6 Å². The molecule has 3 rings (SSSR count). The first-order chi connectivity index (χ1) is 12.5. The quantitative estimate of drug-likeness (QED) is 0.876. The predicted octanol–water partition coefficient (Wildman–Crippen LogP) is 1.54. The smallest absolute Gasteiger partial charge is 0.253 e. The third-order valence-corrected chi connectivity index (χ3v) is 4.55. The average Bonchev–Trinajstić information content (AvgIpc) is 3.08. The van der Waals surface area contributed by atoms with Crippen LogP contribution in [-0.4, -0.2) is 46.5 Å². The molecule has 1 atom stereocenters. The van der Waals surface area contributed by atoms with Gasteiger partial charge in [0, 0.05) is 37.0 Å². The van der Waals surface area contributed by atoms with Gasteiger partial charge in [-0.05, 0) is 31.0 Å². The molecule has 8 heteroatoms. The van der Waals surface area contributed by atoms with Gasteiger partial charge in [-0.3, -0.25) is 9.59 Å². The minimum Gasteiger partial charge on any atom is -0.494 e. The average molecular weight is 360 g/mol. The predicted molar refractivity (Wildman–Crippen MR) is 92.3 cm³/mol. The molecule has 2 aromatic rings. The Morgan fingerprint density at radius 2 is 2.23 bits per heavy atom. The molecule has 2 amide bonds. The summed E-state index contributed by atoms with van der Waals surface area (Å²) in [5.74, 6) is -0.395. The molecule has 1 aliphatic rings. The number of halogens is 1. The van der Waals surface area contributed by atoms with Gasteiger partial charge in [0.15, 0.2) is 11.6 Å². The molecule has 1 aromatic carbocycles. The number of piperidine rings is 1. The molecule has 0 radical (unpaired) electrons. The number of aromatic nitrogens is 2. The standard InChI is InChI=1S/C18H21FN4O3/c1-26-15-5-4-12(9-14(15)19)18(25)23-7-2-3-13(10-23)17-21-6-8-22(17)11-16(20)24/h4-6,8-9,13H,2-3,7,10-11H2,1H3,(H2,20,24)/t13-/m0/s1. The van der Waals surface area contributed by atoms with E-state index < -0.39 is 11.7 Å². The second-order valence-electron chi connectivity index (χ2n) is 6.32. The van der Waals surface area contributed by atoms with Crippen molar-refractivity contribution in [3.8, 4) is 5.75 Å². The van der Waals surface area contributed by atoms with Crippen LogP contribution in [0.4, 0.5) is 4.39 Å². The fourth-order valence-corrected chi connectivity index (χ4v) is 3.34. The number of nitrogens with two attached hydrogens (primary N) is 1. The number of amides is 2. The number of carbonyl (C=O) groups excluding carboxylic acids is 2. The summed E-state index contributed by atoms with van der Waals surface area (Å²) in [7, 11) is 1.38. The normalized spacial score (nSPS) is 17.2. The molecule has 26 heavy (non-hydrogen) atoms. The first kappa shape index (κ1) is 17.9. The van der Waals surface area contributed by atoms with E-state index in [4.69, 9.17) is 10.5 Å². The summed E-state index contributed by atoms with van der Waals surface area (Å²) in [6.07, 6.45) is 4.99. The van der Waals surface area contributed by atoms with E-state index in [-0.39, 0.29) is 29.7 Å². The fraction of sp³-hybridized carbons (Fsp3) is 0.389. The summed E-state index contributed by atoms with van der Waals surface area (Å²) in [5.41, 5.74) is 5.56. The number of methoxy groups -OCH3 is 1. The minimum atomic E-state index is -0.566. The molecule has 1 saturated heterocycles. The zero-order valence-corrected chi connectivity index (χ0v) is 14.5. The van der Waals surface area contributed by atoms with Gasteiger partial charge in [-0.15, -0.1) is 0 Å². The van der Waals surface area contributed by atoms with E-state index in [1.54, 1.807) is 27.9 Å². The molecule has 1 fully saturated rings. The minimum absolute atomic E-state index is 0.00476. The van der Waals surface area contributed by atoms with Crippen molar-refractivity contribution in [2.24, 2.45) is 5.73 Å². The maximum Gasteiger partial charge on any atom is 0.253 e. The Bertz CT molecular complexity index is 821. The Hall–Kier alpha value is -2.90. The second-order valence-corrected chi connectivity index (χ2v) is 6.32. The van der Waals surface area contributed by atoms with Crippen LogP contribution in [0.3, 0.4) is 0 Å². The summed E-state index contributed by atoms with van der Waals surface area (Å²) in [5, 5.41) is 0. The molecule has 0 saturated carbocycles. The Labute approximate surface area is 150 Å². The number of imidazole rings is 1. The lowest BCUT2D eigenvalue weighted by Crippen LogP contribution is -2.40. The highest BCUT2D eigenvalue weighted by Gasteiger charge is 2.28. The molecule has 2 heterocycles. The van der Waals surface area contributed by atoms with Gasteiger partial charge in [-0.1, -0.05) is 0 Å². The largest absolute Gasteiger partial charge is 0.494 e. The first-order valence-electron chi connectivity index (χ1n) is 8.41. The molecule has 0 aliphatic carbocycles. The summed E-state index contributed by atoms with van der Waals surface area (Å²) >= 11 is 0. The van der Waals surface area contributed by atoms with Crippen molar-refractivity contribution < 1.29 is 18.7 Å². The highest BCUT2D eigenvalue weighted by atomic mass is 19.1. The van der Waals surface area contributed by atoms with Gasteiger partial charge in [0.05, 0.1) is 7.11 Å². The Kier molecular flexibility index (Phi) is 5.20. The van der Waals surface area contributed by atoms with Gasteiger partial charge in [-0.25, -0.2) is 9.37 Å². The number of rotatable bonds is 5. The van der Waals surface area contributed by atoms with Crippen molar-refractivity contribution >= 4 is 11.8 Å². The van der Waals surface area contributed by atoms with E-state index in [9.17, 15) is 14.0 Å². The van der Waals surface area contributed by atoms with Gasteiger partial charge < -0.3 is 19.9 Å². The molecule has 0 spiro atoms. The van der Waals surface area contributed by atoms with E-state index in [1.165, 1.54) is 19.2 Å². The first-order valence-corrected chi connectivity index (χ1v) is 8.41. The van der Waals surface area contributed by atoms with Crippen LogP contribution in [0, 0.1) is 5.82 Å². The summed E-state index contributed by atoms with van der Waals surface area (Å²) in [6.45, 7) is 1.12. The highest BCUT2D eigenvalue weighted by molar-refractivity contribution is 5.94. The third kappa shape index (κ3) is 3.68. The van der Waals surface area contributed by atoms with Crippen LogP contribution < -0.4 is 10.5 Å². The number of carbonyl (C=O) groups is 2. The second kappa shape index (κ2) is 7.55. The molecule has 2 N–H and O–H groups in total. The van der Waals surface area contributed by atoms with Crippen molar-refractivity contribution in [2.75, 3.05) is 20.2 Å². The van der Waals surface area contributed by atoms with Gasteiger partial charge >= 0.3 is 0 Å². The molecule has 0 bridgehead atoms. The molecular weight excluding hydrogens is 339 g/mol. The molecule has 7 nitrogen and oxygen atoms in total. The third-order valence-electron chi connectivity index (χ3n) is 4.55. The SMILES string of the molecule is COc1ccc(C(=O)N2CCC[C@H](c3nccn3CC(N)=O)C2)cc1F. The van der Waals surface area contributed by atoms with Crippen LogP contribution in [0.2, 0.25) is 0 Å². The lowest BCUT2D eigenvalue weighted by molar-refractivity contribution is -0.118. The number of likely N-dealkylation sites (tertiary alicyclic amines) is 1. The maximum atomic E-state index is 13.9. The number of ether oxygens (including phenoxy) is 1. The summed E-state index contributed by atoms with van der Waals surface area (Å²) < 4.78 is 20.5. The lowest BCUT2D eigenvalue weighted by atomic mass is 9.96. The Morgan fingerprint density at radius 3 is 2.92 bits per heavy atom. The zero-order chi connectivity index (χ0) is 18.7. The number of primary amides is 1.